The second-order valence-corrected chi connectivity index (χ2v) is 3.10. The summed E-state index contributed by atoms with van der Waals surface area (Å²) in [5, 5.41) is 0. The maximum Gasteiger partial charge on any atom is 1.00 e. The molecule has 0 saturated carbocycles. The van der Waals surface area contributed by atoms with Gasteiger partial charge in [0.1, 0.15) is 0 Å². The third-order valence-electron chi connectivity index (χ3n) is 1.53. The third-order valence-corrected chi connectivity index (χ3v) is 1.53. The van der Waals surface area contributed by atoms with Crippen LogP contribution in [0.3, 0.4) is 0 Å². The zero-order valence-electron chi connectivity index (χ0n) is 8.41. The molecule has 0 rings (SSSR count). The van der Waals surface area contributed by atoms with E-state index in [2.05, 4.69) is 6.92 Å². The van der Waals surface area contributed by atoms with Gasteiger partial charge < -0.3 is 6.92 Å². The van der Waals surface area contributed by atoms with Crippen molar-refractivity contribution >= 4 is 0 Å². The number of hydrogen-bond acceptors (Lipinski definition) is 0. The van der Waals surface area contributed by atoms with Gasteiger partial charge in [0.15, 0.2) is 0 Å². The molecule has 0 radical (unpaired) electrons. The molecule has 0 heterocycles. The van der Waals surface area contributed by atoms with Gasteiger partial charge in [0, 0.05) is 0 Å². The molecule has 13 heavy (non-hydrogen) atoms. The Balaban J connectivity index is 0. The van der Waals surface area contributed by atoms with Gasteiger partial charge in [-0.3, -0.25) is 0 Å². The molecule has 0 spiro atoms. The van der Waals surface area contributed by atoms with Gasteiger partial charge in [-0.1, -0.05) is 24.0 Å². The Labute approximate surface area is 89.8 Å². The molecule has 0 unspecified atom stereocenters. The second-order valence-electron chi connectivity index (χ2n) is 3.10. The zero-order chi connectivity index (χ0) is 9.78. The van der Waals surface area contributed by atoms with E-state index >= 15 is 0 Å². The predicted molar refractivity (Wildman–Crippen MR) is 43.6 cm³/mol. The molecule has 0 N–H and O–H groups in total. The Morgan fingerprint density at radius 3 is 2.15 bits per heavy atom. The Morgan fingerprint density at radius 2 is 1.85 bits per heavy atom. The Morgan fingerprint density at radius 1 is 1.38 bits per heavy atom. The fourth-order valence-corrected chi connectivity index (χ4v) is 0.737. The molecule has 0 aromatic heterocycles. The standard InChI is InChI=1S/C9H14F3.Li/c1-7(2)5-4-6-8(3)9(10,11)12;/h5,8H,3-4,6H2,1-2H3;/q-1;+1/t8-;/m0./s1. The smallest absolute Gasteiger partial charge is 0.332 e. The summed E-state index contributed by atoms with van der Waals surface area (Å²) in [5.41, 5.74) is 1.05. The second kappa shape index (κ2) is 6.56. The molecule has 0 bridgehead atoms. The van der Waals surface area contributed by atoms with Gasteiger partial charge >= 0.3 is 25.0 Å². The maximum atomic E-state index is 11.9. The Hall–Kier alpha value is 0.127. The molecular formula is C9H14F3Li. The third kappa shape index (κ3) is 8.46. The quantitative estimate of drug-likeness (QED) is 0.346. The van der Waals surface area contributed by atoms with Gasteiger partial charge in [0.05, 0.1) is 0 Å². The zero-order valence-corrected chi connectivity index (χ0v) is 8.41. The van der Waals surface area contributed by atoms with Crippen LogP contribution in [-0.4, -0.2) is 6.18 Å². The predicted octanol–water partition coefficient (Wildman–Crippen LogP) is 0.749. The topological polar surface area (TPSA) is 0 Å². The van der Waals surface area contributed by atoms with E-state index in [4.69, 9.17) is 0 Å². The van der Waals surface area contributed by atoms with Crippen LogP contribution in [0.15, 0.2) is 11.6 Å². The van der Waals surface area contributed by atoms with E-state index < -0.39 is 12.1 Å². The molecule has 72 valence electrons. The molecule has 0 fully saturated rings. The largest absolute Gasteiger partial charge is 1.00 e. The first-order chi connectivity index (χ1) is 5.34. The van der Waals surface area contributed by atoms with Crippen LogP contribution in [0.5, 0.6) is 0 Å². The molecule has 0 saturated heterocycles. The summed E-state index contributed by atoms with van der Waals surface area (Å²) in [6.07, 6.45) is -1.82. The van der Waals surface area contributed by atoms with Gasteiger partial charge in [-0.25, -0.2) is 0 Å². The summed E-state index contributed by atoms with van der Waals surface area (Å²) >= 11 is 0. The van der Waals surface area contributed by atoms with Crippen LogP contribution >= 0.6 is 0 Å². The van der Waals surface area contributed by atoms with Crippen LogP contribution < -0.4 is 18.9 Å². The summed E-state index contributed by atoms with van der Waals surface area (Å²) in [6, 6.07) is 0. The van der Waals surface area contributed by atoms with Gasteiger partial charge in [0.2, 0.25) is 0 Å². The summed E-state index contributed by atoms with van der Waals surface area (Å²) in [5.74, 6) is -1.44. The normalized spacial score (nSPS) is 13.1. The minimum atomic E-state index is -4.14. The first-order valence-corrected chi connectivity index (χ1v) is 3.87. The van der Waals surface area contributed by atoms with Crippen molar-refractivity contribution in [3.05, 3.63) is 18.6 Å². The van der Waals surface area contributed by atoms with Crippen molar-refractivity contribution in [2.75, 3.05) is 0 Å². The SMILES string of the molecule is [CH2-][C@@H](CCC=C(C)C)C(F)(F)F.[Li+]. The molecule has 0 aromatic carbocycles. The minimum Gasteiger partial charge on any atom is -0.332 e. The number of rotatable bonds is 3. The molecular weight excluding hydrogens is 172 g/mol. The number of alkyl halides is 3. The Bertz CT molecular complexity index is 157. The van der Waals surface area contributed by atoms with E-state index in [0.717, 1.165) is 5.57 Å². The van der Waals surface area contributed by atoms with E-state index in [0.29, 0.717) is 6.42 Å². The van der Waals surface area contributed by atoms with Crippen molar-refractivity contribution in [3.8, 4) is 0 Å². The molecule has 0 aliphatic rings. The van der Waals surface area contributed by atoms with E-state index in [1.54, 1.807) is 6.08 Å². The van der Waals surface area contributed by atoms with E-state index in [9.17, 15) is 13.2 Å². The van der Waals surface area contributed by atoms with Gasteiger partial charge in [-0.2, -0.15) is 13.2 Å². The van der Waals surface area contributed by atoms with Crippen molar-refractivity contribution in [1.82, 2.24) is 0 Å². The van der Waals surface area contributed by atoms with E-state index in [1.807, 2.05) is 13.8 Å². The first-order valence-electron chi connectivity index (χ1n) is 3.87. The number of hydrogen-bond donors (Lipinski definition) is 0. The van der Waals surface area contributed by atoms with Crippen LogP contribution in [0.25, 0.3) is 0 Å². The van der Waals surface area contributed by atoms with Crippen LogP contribution in [0, 0.1) is 12.8 Å². The monoisotopic (exact) mass is 186 g/mol. The van der Waals surface area contributed by atoms with Crippen molar-refractivity contribution in [1.29, 1.82) is 0 Å². The van der Waals surface area contributed by atoms with E-state index in [-0.39, 0.29) is 25.3 Å². The summed E-state index contributed by atoms with van der Waals surface area (Å²) in [6.45, 7) is 6.79. The average molecular weight is 186 g/mol. The molecule has 0 aromatic rings. The molecule has 0 amide bonds. The average Bonchev–Trinajstić information content (AvgIpc) is 1.84. The van der Waals surface area contributed by atoms with Crippen LogP contribution in [0.2, 0.25) is 0 Å². The van der Waals surface area contributed by atoms with Crippen LogP contribution in [0.4, 0.5) is 13.2 Å². The minimum absolute atomic E-state index is 0. The van der Waals surface area contributed by atoms with Crippen LogP contribution in [0.1, 0.15) is 26.7 Å². The summed E-state index contributed by atoms with van der Waals surface area (Å²) in [4.78, 5) is 0. The number of allylic oxidation sites excluding steroid dienone is 2. The van der Waals surface area contributed by atoms with Crippen molar-refractivity contribution < 1.29 is 32.0 Å². The molecule has 0 aliphatic carbocycles. The van der Waals surface area contributed by atoms with Crippen molar-refractivity contribution in [3.63, 3.8) is 0 Å². The molecule has 1 atom stereocenters. The fraction of sp³-hybridized carbons (Fsp3) is 0.667. The van der Waals surface area contributed by atoms with Gasteiger partial charge in [0.25, 0.3) is 0 Å². The van der Waals surface area contributed by atoms with E-state index in [1.165, 1.54) is 0 Å². The first kappa shape index (κ1) is 15.6. The fourth-order valence-electron chi connectivity index (χ4n) is 0.737. The number of halogens is 3. The molecule has 0 nitrogen and oxygen atoms in total. The van der Waals surface area contributed by atoms with Gasteiger partial charge in [-0.05, 0) is 20.3 Å². The van der Waals surface area contributed by atoms with Crippen molar-refractivity contribution in [2.45, 2.75) is 32.9 Å². The van der Waals surface area contributed by atoms with Crippen LogP contribution in [-0.2, 0) is 0 Å². The van der Waals surface area contributed by atoms with Gasteiger partial charge in [-0.15, -0.1) is 0 Å². The maximum absolute atomic E-state index is 11.9. The summed E-state index contributed by atoms with van der Waals surface area (Å²) < 4.78 is 35.7. The molecule has 0 aliphatic heterocycles. The Kier molecular flexibility index (Phi) is 7.87. The summed E-state index contributed by atoms with van der Waals surface area (Å²) in [7, 11) is 0. The molecule has 4 heteroatoms. The van der Waals surface area contributed by atoms with Crippen molar-refractivity contribution in [2.24, 2.45) is 5.92 Å².